The van der Waals surface area contributed by atoms with E-state index >= 15 is 0 Å². The minimum Gasteiger partial charge on any atom is -0.356 e. The topological polar surface area (TPSA) is 49.9 Å². The van der Waals surface area contributed by atoms with Crippen molar-refractivity contribution in [3.63, 3.8) is 0 Å². The van der Waals surface area contributed by atoms with E-state index in [1.807, 2.05) is 17.0 Å². The van der Waals surface area contributed by atoms with E-state index in [9.17, 15) is 9.59 Å². The van der Waals surface area contributed by atoms with Crippen LogP contribution in [-0.2, 0) is 14.3 Å². The van der Waals surface area contributed by atoms with Crippen molar-refractivity contribution >= 4 is 23.4 Å². The van der Waals surface area contributed by atoms with Gasteiger partial charge in [0.2, 0.25) is 5.91 Å². The Bertz CT molecular complexity index is 619. The van der Waals surface area contributed by atoms with E-state index < -0.39 is 12.1 Å². The molecule has 0 aromatic heterocycles. The number of hydrogen-bond acceptors (Lipinski definition) is 3. The highest BCUT2D eigenvalue weighted by Gasteiger charge is 2.42. The first-order valence-electron chi connectivity index (χ1n) is 8.39. The zero-order chi connectivity index (χ0) is 17.3. The standard InChI is InChI=1S/C18H23ClN2O3/c1-12-4-3-9-21(10-12)18(23)17-16(20(2)15(22)11-24-17)13-5-7-14(19)8-6-13/h5-8,12,16-17H,3-4,9-11H2,1-2H3. The molecule has 2 amide bonds. The Morgan fingerprint density at radius 3 is 2.67 bits per heavy atom. The maximum atomic E-state index is 13.0. The van der Waals surface area contributed by atoms with Gasteiger partial charge in [-0.05, 0) is 36.5 Å². The van der Waals surface area contributed by atoms with E-state index in [0.717, 1.165) is 31.5 Å². The highest BCUT2D eigenvalue weighted by Crippen LogP contribution is 2.31. The fourth-order valence-electron chi connectivity index (χ4n) is 3.55. The number of likely N-dealkylation sites (N-methyl/N-ethyl adjacent to an activating group) is 1. The average molecular weight is 351 g/mol. The maximum absolute atomic E-state index is 13.0. The number of ether oxygens (including phenoxy) is 1. The first kappa shape index (κ1) is 17.2. The lowest BCUT2D eigenvalue weighted by Gasteiger charge is -2.41. The molecule has 2 saturated heterocycles. The van der Waals surface area contributed by atoms with Crippen molar-refractivity contribution in [2.75, 3.05) is 26.7 Å². The molecular formula is C18H23ClN2O3. The van der Waals surface area contributed by atoms with Gasteiger partial charge in [0.05, 0.1) is 6.04 Å². The van der Waals surface area contributed by atoms with Crippen LogP contribution < -0.4 is 0 Å². The van der Waals surface area contributed by atoms with Crippen molar-refractivity contribution in [2.45, 2.75) is 31.9 Å². The summed E-state index contributed by atoms with van der Waals surface area (Å²) in [5, 5.41) is 0.622. The molecule has 0 bridgehead atoms. The van der Waals surface area contributed by atoms with Crippen LogP contribution in [0.1, 0.15) is 31.4 Å². The Morgan fingerprint density at radius 1 is 1.29 bits per heavy atom. The molecule has 6 heteroatoms. The van der Waals surface area contributed by atoms with Crippen LogP contribution in [0, 0.1) is 5.92 Å². The molecule has 2 aliphatic rings. The summed E-state index contributed by atoms with van der Waals surface area (Å²) in [6.45, 7) is 3.62. The van der Waals surface area contributed by atoms with E-state index in [1.165, 1.54) is 0 Å². The third-order valence-corrected chi connectivity index (χ3v) is 5.16. The predicted molar refractivity (Wildman–Crippen MR) is 91.7 cm³/mol. The molecule has 2 aliphatic heterocycles. The lowest BCUT2D eigenvalue weighted by molar-refractivity contribution is -0.168. The predicted octanol–water partition coefficient (Wildman–Crippen LogP) is 2.50. The fraction of sp³-hybridized carbons (Fsp3) is 0.556. The number of likely N-dealkylation sites (tertiary alicyclic amines) is 1. The van der Waals surface area contributed by atoms with Gasteiger partial charge >= 0.3 is 0 Å². The van der Waals surface area contributed by atoms with Crippen LogP contribution in [0.25, 0.3) is 0 Å². The van der Waals surface area contributed by atoms with Crippen LogP contribution in [0.5, 0.6) is 0 Å². The molecular weight excluding hydrogens is 328 g/mol. The lowest BCUT2D eigenvalue weighted by Crippen LogP contribution is -2.55. The summed E-state index contributed by atoms with van der Waals surface area (Å²) >= 11 is 5.97. The third-order valence-electron chi connectivity index (χ3n) is 4.91. The molecule has 0 N–H and O–H groups in total. The highest BCUT2D eigenvalue weighted by molar-refractivity contribution is 6.30. The van der Waals surface area contributed by atoms with Crippen molar-refractivity contribution in [3.05, 3.63) is 34.9 Å². The van der Waals surface area contributed by atoms with Crippen LogP contribution in [0.4, 0.5) is 0 Å². The number of benzene rings is 1. The van der Waals surface area contributed by atoms with Crippen LogP contribution in [0.15, 0.2) is 24.3 Å². The molecule has 3 atom stereocenters. The van der Waals surface area contributed by atoms with E-state index in [1.54, 1.807) is 24.1 Å². The second-order valence-electron chi connectivity index (χ2n) is 6.76. The molecule has 3 unspecified atom stereocenters. The monoisotopic (exact) mass is 350 g/mol. The summed E-state index contributed by atoms with van der Waals surface area (Å²) < 4.78 is 5.69. The van der Waals surface area contributed by atoms with Crippen molar-refractivity contribution in [1.82, 2.24) is 9.80 Å². The first-order valence-corrected chi connectivity index (χ1v) is 8.76. The number of halogens is 1. The summed E-state index contributed by atoms with van der Waals surface area (Å²) in [7, 11) is 1.73. The lowest BCUT2D eigenvalue weighted by atomic mass is 9.95. The zero-order valence-electron chi connectivity index (χ0n) is 14.1. The van der Waals surface area contributed by atoms with Gasteiger partial charge in [0.15, 0.2) is 6.10 Å². The molecule has 0 radical (unpaired) electrons. The largest absolute Gasteiger partial charge is 0.356 e. The van der Waals surface area contributed by atoms with E-state index in [4.69, 9.17) is 16.3 Å². The van der Waals surface area contributed by atoms with Gasteiger partial charge in [-0.3, -0.25) is 9.59 Å². The van der Waals surface area contributed by atoms with Crippen LogP contribution in [0.3, 0.4) is 0 Å². The molecule has 2 fully saturated rings. The Hall–Kier alpha value is -1.59. The number of piperidine rings is 1. The Kier molecular flexibility index (Phi) is 5.11. The number of carbonyl (C=O) groups excluding carboxylic acids is 2. The Morgan fingerprint density at radius 2 is 2.00 bits per heavy atom. The third kappa shape index (κ3) is 3.42. The molecule has 1 aromatic rings. The summed E-state index contributed by atoms with van der Waals surface area (Å²) in [4.78, 5) is 28.6. The molecule has 2 heterocycles. The second kappa shape index (κ2) is 7.11. The molecule has 1 aromatic carbocycles. The summed E-state index contributed by atoms with van der Waals surface area (Å²) in [6.07, 6.45) is 1.49. The Labute approximate surface area is 147 Å². The number of amides is 2. The van der Waals surface area contributed by atoms with Gasteiger partial charge in [0.1, 0.15) is 6.61 Å². The normalized spacial score (nSPS) is 28.1. The van der Waals surface area contributed by atoms with Crippen LogP contribution >= 0.6 is 11.6 Å². The number of hydrogen-bond donors (Lipinski definition) is 0. The van der Waals surface area contributed by atoms with E-state index in [2.05, 4.69) is 6.92 Å². The van der Waals surface area contributed by atoms with E-state index in [-0.39, 0.29) is 18.4 Å². The first-order chi connectivity index (χ1) is 11.5. The average Bonchev–Trinajstić information content (AvgIpc) is 2.57. The smallest absolute Gasteiger partial charge is 0.254 e. The molecule has 24 heavy (non-hydrogen) atoms. The second-order valence-corrected chi connectivity index (χ2v) is 7.20. The van der Waals surface area contributed by atoms with Crippen LogP contribution in [0.2, 0.25) is 5.02 Å². The molecule has 3 rings (SSSR count). The summed E-state index contributed by atoms with van der Waals surface area (Å²) in [5.74, 6) is 0.353. The number of morpholine rings is 1. The molecule has 0 aliphatic carbocycles. The van der Waals surface area contributed by atoms with Gasteiger partial charge in [-0.2, -0.15) is 0 Å². The number of rotatable bonds is 2. The summed E-state index contributed by atoms with van der Waals surface area (Å²) in [6, 6.07) is 6.82. The van der Waals surface area contributed by atoms with Gasteiger partial charge in [-0.15, -0.1) is 0 Å². The number of nitrogens with zero attached hydrogens (tertiary/aromatic N) is 2. The van der Waals surface area contributed by atoms with Gasteiger partial charge < -0.3 is 14.5 Å². The zero-order valence-corrected chi connectivity index (χ0v) is 14.8. The molecule has 5 nitrogen and oxygen atoms in total. The molecule has 0 spiro atoms. The van der Waals surface area contributed by atoms with Crippen molar-refractivity contribution in [1.29, 1.82) is 0 Å². The minimum atomic E-state index is -0.667. The fourth-order valence-corrected chi connectivity index (χ4v) is 3.67. The van der Waals surface area contributed by atoms with Gasteiger partial charge in [-0.1, -0.05) is 30.7 Å². The quantitative estimate of drug-likeness (QED) is 0.823. The maximum Gasteiger partial charge on any atom is 0.254 e. The van der Waals surface area contributed by atoms with Gasteiger partial charge in [-0.25, -0.2) is 0 Å². The van der Waals surface area contributed by atoms with Crippen LogP contribution in [-0.4, -0.2) is 54.5 Å². The SMILES string of the molecule is CC1CCCN(C(=O)C2OCC(=O)N(C)C2c2ccc(Cl)cc2)C1. The molecule has 130 valence electrons. The van der Waals surface area contributed by atoms with Gasteiger partial charge in [0.25, 0.3) is 5.91 Å². The molecule has 0 saturated carbocycles. The Balaban J connectivity index is 1.87. The minimum absolute atomic E-state index is 0.0270. The van der Waals surface area contributed by atoms with Crippen molar-refractivity contribution < 1.29 is 14.3 Å². The van der Waals surface area contributed by atoms with Crippen molar-refractivity contribution in [2.24, 2.45) is 5.92 Å². The highest BCUT2D eigenvalue weighted by atomic mass is 35.5. The number of carbonyl (C=O) groups is 2. The van der Waals surface area contributed by atoms with Crippen molar-refractivity contribution in [3.8, 4) is 0 Å². The van der Waals surface area contributed by atoms with Gasteiger partial charge in [0, 0.05) is 25.2 Å². The van der Waals surface area contributed by atoms with E-state index in [0.29, 0.717) is 10.9 Å². The summed E-state index contributed by atoms with van der Waals surface area (Å²) in [5.41, 5.74) is 0.860.